The lowest BCUT2D eigenvalue weighted by Gasteiger charge is -2.36. The minimum atomic E-state index is -0.353. The fraction of sp³-hybridized carbons (Fsp3) is 0.353. The number of carbonyl (C=O) groups excluding carboxylic acids is 2. The third-order valence-corrected chi connectivity index (χ3v) is 5.31. The average Bonchev–Trinajstić information content (AvgIpc) is 3.16. The number of anilines is 1. The topological polar surface area (TPSA) is 91.6 Å². The minimum Gasteiger partial charge on any atom is -0.368 e. The zero-order valence-electron chi connectivity index (χ0n) is 14.2. The molecule has 1 aromatic heterocycles. The van der Waals surface area contributed by atoms with E-state index in [9.17, 15) is 9.59 Å². The van der Waals surface area contributed by atoms with Gasteiger partial charge >= 0.3 is 0 Å². The molecule has 0 bridgehead atoms. The summed E-state index contributed by atoms with van der Waals surface area (Å²) in [4.78, 5) is 32.4. The lowest BCUT2D eigenvalue weighted by Crippen LogP contribution is -2.51. The molecule has 9 heteroatoms. The van der Waals surface area contributed by atoms with Crippen LogP contribution < -0.4 is 16.0 Å². The number of hydrogen-bond acceptors (Lipinski definition) is 6. The van der Waals surface area contributed by atoms with Crippen molar-refractivity contribution in [2.45, 2.75) is 6.54 Å². The summed E-state index contributed by atoms with van der Waals surface area (Å²) in [5.41, 5.74) is 6.88. The lowest BCUT2D eigenvalue weighted by molar-refractivity contribution is -0.130. The van der Waals surface area contributed by atoms with Crippen molar-refractivity contribution in [2.24, 2.45) is 5.73 Å². The number of rotatable bonds is 5. The van der Waals surface area contributed by atoms with E-state index < -0.39 is 0 Å². The number of halogens is 1. The largest absolute Gasteiger partial charge is 0.368 e. The summed E-state index contributed by atoms with van der Waals surface area (Å²) in [5, 5.41) is 5.67. The normalized spacial score (nSPS) is 14.4. The van der Waals surface area contributed by atoms with Crippen molar-refractivity contribution in [3.63, 3.8) is 0 Å². The summed E-state index contributed by atoms with van der Waals surface area (Å²) in [7, 11) is 0. The molecule has 7 nitrogen and oxygen atoms in total. The van der Waals surface area contributed by atoms with Gasteiger partial charge in [0.1, 0.15) is 10.7 Å². The maximum atomic E-state index is 12.3. The van der Waals surface area contributed by atoms with Gasteiger partial charge in [0.2, 0.25) is 5.91 Å². The molecule has 0 saturated carbocycles. The highest BCUT2D eigenvalue weighted by Crippen LogP contribution is 2.19. The Balaban J connectivity index is 1.46. The Morgan fingerprint density at radius 2 is 1.88 bits per heavy atom. The highest BCUT2D eigenvalue weighted by atomic mass is 35.5. The number of benzene rings is 1. The van der Waals surface area contributed by atoms with E-state index in [4.69, 9.17) is 17.3 Å². The molecule has 1 fully saturated rings. The molecule has 2 heterocycles. The van der Waals surface area contributed by atoms with Crippen molar-refractivity contribution >= 4 is 40.4 Å². The Bertz CT molecular complexity index is 772. The van der Waals surface area contributed by atoms with Crippen LogP contribution in [0.5, 0.6) is 0 Å². The average molecular weight is 394 g/mol. The smallest absolute Gasteiger partial charge is 0.271 e. The maximum absolute atomic E-state index is 12.3. The third kappa shape index (κ3) is 4.51. The molecule has 0 unspecified atom stereocenters. The molecule has 2 amide bonds. The molecule has 0 atom stereocenters. The second-order valence-electron chi connectivity index (χ2n) is 5.86. The van der Waals surface area contributed by atoms with Crippen LogP contribution in [0.2, 0.25) is 5.02 Å². The monoisotopic (exact) mass is 393 g/mol. The van der Waals surface area contributed by atoms with Gasteiger partial charge in [-0.2, -0.15) is 0 Å². The molecule has 3 rings (SSSR count). The molecule has 3 N–H and O–H groups in total. The maximum Gasteiger partial charge on any atom is 0.271 e. The predicted molar refractivity (Wildman–Crippen MR) is 103 cm³/mol. The van der Waals surface area contributed by atoms with Gasteiger partial charge in [0, 0.05) is 48.8 Å². The fourth-order valence-electron chi connectivity index (χ4n) is 2.73. The summed E-state index contributed by atoms with van der Waals surface area (Å²) >= 11 is 7.25. The molecule has 1 aliphatic heterocycles. The second kappa shape index (κ2) is 8.48. The number of carbonyl (C=O) groups is 2. The number of hydrogen-bond donors (Lipinski definition) is 2. The Labute approximate surface area is 160 Å². The molecule has 0 radical (unpaired) electrons. The number of nitrogens with zero attached hydrogens (tertiary/aromatic N) is 3. The predicted octanol–water partition coefficient (Wildman–Crippen LogP) is 1.33. The van der Waals surface area contributed by atoms with Gasteiger partial charge in [-0.3, -0.25) is 9.59 Å². The number of amides is 2. The highest BCUT2D eigenvalue weighted by Gasteiger charge is 2.22. The van der Waals surface area contributed by atoms with Crippen LogP contribution in [0.3, 0.4) is 0 Å². The quantitative estimate of drug-likeness (QED) is 0.799. The van der Waals surface area contributed by atoms with Gasteiger partial charge in [0.15, 0.2) is 0 Å². The standard InChI is InChI=1S/C17H20ClN5O2S/c18-12-1-3-13(4-2-12)22-5-7-23(8-6-22)16(24)10-20-17(25)14-11-26-15(9-19)21-14/h1-4,11H,5-10,19H2,(H,20,25). The Kier molecular flexibility index (Phi) is 6.08. The molecule has 138 valence electrons. The molecule has 0 spiro atoms. The molecule has 1 aliphatic rings. The molecule has 1 saturated heterocycles. The Morgan fingerprint density at radius 3 is 2.50 bits per heavy atom. The van der Waals surface area contributed by atoms with Crippen molar-refractivity contribution in [1.29, 1.82) is 0 Å². The first-order valence-corrected chi connectivity index (χ1v) is 9.53. The van der Waals surface area contributed by atoms with Crippen molar-refractivity contribution in [3.8, 4) is 0 Å². The van der Waals surface area contributed by atoms with Gasteiger partial charge in [-0.25, -0.2) is 4.98 Å². The van der Waals surface area contributed by atoms with E-state index in [0.29, 0.717) is 35.4 Å². The second-order valence-corrected chi connectivity index (χ2v) is 7.24. The summed E-state index contributed by atoms with van der Waals surface area (Å²) < 4.78 is 0. The number of thiazole rings is 1. The van der Waals surface area contributed by atoms with Gasteiger partial charge in [-0.15, -0.1) is 11.3 Å². The van der Waals surface area contributed by atoms with Crippen molar-refractivity contribution < 1.29 is 9.59 Å². The summed E-state index contributed by atoms with van der Waals surface area (Å²) in [5.74, 6) is -0.447. The van der Waals surface area contributed by atoms with E-state index in [2.05, 4.69) is 15.2 Å². The fourth-order valence-corrected chi connectivity index (χ4v) is 3.51. The molecular formula is C17H20ClN5O2S. The molecule has 2 aromatic rings. The Hall–Kier alpha value is -2.16. The minimum absolute atomic E-state index is 0.0325. The van der Waals surface area contributed by atoms with Gasteiger partial charge < -0.3 is 20.9 Å². The number of nitrogens with two attached hydrogens (primary N) is 1. The van der Waals surface area contributed by atoms with Crippen molar-refractivity contribution in [2.75, 3.05) is 37.6 Å². The van der Waals surface area contributed by atoms with E-state index in [1.807, 2.05) is 24.3 Å². The van der Waals surface area contributed by atoms with Gasteiger partial charge in [0.05, 0.1) is 6.54 Å². The molecule has 0 aliphatic carbocycles. The van der Waals surface area contributed by atoms with Crippen LogP contribution in [0.15, 0.2) is 29.6 Å². The van der Waals surface area contributed by atoms with E-state index in [-0.39, 0.29) is 18.4 Å². The Morgan fingerprint density at radius 1 is 1.19 bits per heavy atom. The first-order chi connectivity index (χ1) is 12.6. The molecular weight excluding hydrogens is 374 g/mol. The summed E-state index contributed by atoms with van der Waals surface area (Å²) in [6, 6.07) is 7.67. The third-order valence-electron chi connectivity index (χ3n) is 4.18. The van der Waals surface area contributed by atoms with Crippen LogP contribution >= 0.6 is 22.9 Å². The van der Waals surface area contributed by atoms with Gasteiger partial charge in [-0.05, 0) is 24.3 Å². The van der Waals surface area contributed by atoms with Crippen LogP contribution in [0, 0.1) is 0 Å². The van der Waals surface area contributed by atoms with Crippen LogP contribution in [0.25, 0.3) is 0 Å². The SMILES string of the molecule is NCc1nc(C(=O)NCC(=O)N2CCN(c3ccc(Cl)cc3)CC2)cs1. The summed E-state index contributed by atoms with van der Waals surface area (Å²) in [6.07, 6.45) is 0. The summed E-state index contributed by atoms with van der Waals surface area (Å²) in [6.45, 7) is 2.99. The number of piperazine rings is 1. The van der Waals surface area contributed by atoms with Gasteiger partial charge in [0.25, 0.3) is 5.91 Å². The van der Waals surface area contributed by atoms with E-state index >= 15 is 0 Å². The van der Waals surface area contributed by atoms with Crippen LogP contribution in [-0.2, 0) is 11.3 Å². The molecule has 1 aromatic carbocycles. The zero-order chi connectivity index (χ0) is 18.5. The first-order valence-electron chi connectivity index (χ1n) is 8.28. The van der Waals surface area contributed by atoms with Gasteiger partial charge in [-0.1, -0.05) is 11.6 Å². The van der Waals surface area contributed by atoms with Crippen LogP contribution in [0.1, 0.15) is 15.5 Å². The van der Waals surface area contributed by atoms with E-state index in [1.54, 1.807) is 10.3 Å². The number of nitrogens with one attached hydrogen (secondary N) is 1. The van der Waals surface area contributed by atoms with E-state index in [1.165, 1.54) is 11.3 Å². The lowest BCUT2D eigenvalue weighted by atomic mass is 10.2. The molecule has 26 heavy (non-hydrogen) atoms. The van der Waals surface area contributed by atoms with Crippen molar-refractivity contribution in [1.82, 2.24) is 15.2 Å². The zero-order valence-corrected chi connectivity index (χ0v) is 15.7. The number of aromatic nitrogens is 1. The van der Waals surface area contributed by atoms with Crippen molar-refractivity contribution in [3.05, 3.63) is 45.4 Å². The van der Waals surface area contributed by atoms with E-state index in [0.717, 1.165) is 18.8 Å². The van der Waals surface area contributed by atoms with Crippen LogP contribution in [0.4, 0.5) is 5.69 Å². The first kappa shape index (κ1) is 18.6. The van der Waals surface area contributed by atoms with Crippen LogP contribution in [-0.4, -0.2) is 54.4 Å². The highest BCUT2D eigenvalue weighted by molar-refractivity contribution is 7.09.